The van der Waals surface area contributed by atoms with E-state index in [-0.39, 0.29) is 12.5 Å². The zero-order valence-electron chi connectivity index (χ0n) is 11.2. The van der Waals surface area contributed by atoms with Crippen LogP contribution in [-0.4, -0.2) is 41.1 Å². The van der Waals surface area contributed by atoms with Gasteiger partial charge >= 0.3 is 5.97 Å². The molecule has 1 unspecified atom stereocenters. The highest BCUT2D eigenvalue weighted by Crippen LogP contribution is 2.28. The molecule has 5 nitrogen and oxygen atoms in total. The van der Waals surface area contributed by atoms with E-state index < -0.39 is 12.0 Å². The number of aliphatic carboxylic acids is 1. The van der Waals surface area contributed by atoms with Crippen LogP contribution in [-0.2, 0) is 9.59 Å². The van der Waals surface area contributed by atoms with Gasteiger partial charge in [0.25, 0.3) is 5.91 Å². The summed E-state index contributed by atoms with van der Waals surface area (Å²) in [5, 5.41) is 9.72. The Hall–Kier alpha value is -1.27. The highest BCUT2D eigenvalue weighted by Gasteiger charge is 2.31. The van der Waals surface area contributed by atoms with Crippen molar-refractivity contribution in [1.82, 2.24) is 4.90 Å². The number of ether oxygens (including phenoxy) is 1. The van der Waals surface area contributed by atoms with Gasteiger partial charge in [-0.05, 0) is 53.4 Å². The van der Waals surface area contributed by atoms with Gasteiger partial charge < -0.3 is 14.7 Å². The summed E-state index contributed by atoms with van der Waals surface area (Å²) in [6, 6.07) is 4.24. The smallest absolute Gasteiger partial charge is 0.326 e. The molecule has 1 atom stereocenters. The molecule has 0 saturated carbocycles. The predicted molar refractivity (Wildman–Crippen MR) is 81.6 cm³/mol. The van der Waals surface area contributed by atoms with E-state index in [4.69, 9.17) is 21.4 Å². The zero-order valence-corrected chi connectivity index (χ0v) is 13.6. The molecule has 1 saturated heterocycles. The van der Waals surface area contributed by atoms with Crippen molar-refractivity contribution in [2.45, 2.75) is 25.3 Å². The maximum Gasteiger partial charge on any atom is 0.326 e. The number of likely N-dealkylation sites (tertiary alicyclic amines) is 1. The summed E-state index contributed by atoms with van der Waals surface area (Å²) < 4.78 is 6.09. The number of hydrogen-bond acceptors (Lipinski definition) is 3. The first kappa shape index (κ1) is 16.1. The van der Waals surface area contributed by atoms with Crippen LogP contribution in [0.15, 0.2) is 22.7 Å². The van der Waals surface area contributed by atoms with Gasteiger partial charge in [-0.2, -0.15) is 0 Å². The quantitative estimate of drug-likeness (QED) is 0.877. The van der Waals surface area contributed by atoms with Crippen LogP contribution in [0.5, 0.6) is 5.75 Å². The number of rotatable bonds is 4. The summed E-state index contributed by atoms with van der Waals surface area (Å²) in [4.78, 5) is 24.7. The average Bonchev–Trinajstić information content (AvgIpc) is 2.46. The van der Waals surface area contributed by atoms with Gasteiger partial charge in [0.1, 0.15) is 11.8 Å². The Bertz CT molecular complexity index is 552. The molecular formula is C14H15BrClNO4. The van der Waals surface area contributed by atoms with Crippen LogP contribution >= 0.6 is 27.5 Å². The van der Waals surface area contributed by atoms with Crippen molar-refractivity contribution in [1.29, 1.82) is 0 Å². The summed E-state index contributed by atoms with van der Waals surface area (Å²) in [5.74, 6) is -0.781. The number of carbonyl (C=O) groups excluding carboxylic acids is 1. The van der Waals surface area contributed by atoms with Gasteiger partial charge in [0, 0.05) is 11.6 Å². The molecule has 7 heteroatoms. The number of benzene rings is 1. The molecule has 0 bridgehead atoms. The van der Waals surface area contributed by atoms with Gasteiger partial charge in [-0.1, -0.05) is 11.6 Å². The fourth-order valence-electron chi connectivity index (χ4n) is 2.30. The van der Waals surface area contributed by atoms with E-state index in [0.29, 0.717) is 28.2 Å². The minimum absolute atomic E-state index is 0.190. The van der Waals surface area contributed by atoms with Gasteiger partial charge in [-0.25, -0.2) is 4.79 Å². The third kappa shape index (κ3) is 4.11. The molecule has 1 aromatic rings. The maximum absolute atomic E-state index is 12.2. The Morgan fingerprint density at radius 3 is 2.86 bits per heavy atom. The fraction of sp³-hybridized carbons (Fsp3) is 0.429. The Morgan fingerprint density at radius 1 is 1.43 bits per heavy atom. The van der Waals surface area contributed by atoms with E-state index in [2.05, 4.69) is 15.9 Å². The summed E-state index contributed by atoms with van der Waals surface area (Å²) in [5.41, 5.74) is 0. The number of carboxylic acid groups (broad SMARTS) is 1. The number of carboxylic acids is 1. The first-order valence-electron chi connectivity index (χ1n) is 6.59. The Morgan fingerprint density at radius 2 is 2.19 bits per heavy atom. The van der Waals surface area contributed by atoms with Gasteiger partial charge in [-0.15, -0.1) is 0 Å². The number of nitrogens with zero attached hydrogens (tertiary/aromatic N) is 1. The Kier molecular flexibility index (Phi) is 5.47. The second kappa shape index (κ2) is 7.13. The van der Waals surface area contributed by atoms with Crippen LogP contribution in [0.25, 0.3) is 0 Å². The monoisotopic (exact) mass is 375 g/mol. The number of piperidine rings is 1. The fourth-order valence-corrected chi connectivity index (χ4v) is 3.10. The molecule has 0 aromatic heterocycles. The first-order chi connectivity index (χ1) is 9.99. The van der Waals surface area contributed by atoms with Gasteiger partial charge in [0.2, 0.25) is 0 Å². The standard InChI is InChI=1S/C14H15BrClNO4/c15-10-7-9(16)4-5-12(10)21-8-13(18)17-6-2-1-3-11(17)14(19)20/h4-5,7,11H,1-3,6,8H2,(H,19,20). The van der Waals surface area contributed by atoms with Crippen molar-refractivity contribution in [3.8, 4) is 5.75 Å². The maximum atomic E-state index is 12.2. The van der Waals surface area contributed by atoms with E-state index in [9.17, 15) is 9.59 Å². The van der Waals surface area contributed by atoms with Crippen molar-refractivity contribution in [2.75, 3.05) is 13.2 Å². The van der Waals surface area contributed by atoms with Crippen LogP contribution in [0.1, 0.15) is 19.3 Å². The molecule has 1 aliphatic rings. The summed E-state index contributed by atoms with van der Waals surface area (Å²) in [7, 11) is 0. The van der Waals surface area contributed by atoms with E-state index >= 15 is 0 Å². The number of amides is 1. The number of halogens is 2. The highest BCUT2D eigenvalue weighted by molar-refractivity contribution is 9.10. The van der Waals surface area contributed by atoms with Gasteiger partial charge in [-0.3, -0.25) is 4.79 Å². The first-order valence-corrected chi connectivity index (χ1v) is 7.76. The van der Waals surface area contributed by atoms with Crippen molar-refractivity contribution < 1.29 is 19.4 Å². The van der Waals surface area contributed by atoms with Gasteiger partial charge in [0.05, 0.1) is 4.47 Å². The molecular weight excluding hydrogens is 362 g/mol. The summed E-state index contributed by atoms with van der Waals surface area (Å²) in [6.45, 7) is 0.269. The second-order valence-electron chi connectivity index (χ2n) is 4.80. The zero-order chi connectivity index (χ0) is 15.4. The third-order valence-corrected chi connectivity index (χ3v) is 4.21. The van der Waals surface area contributed by atoms with Gasteiger partial charge in [0.15, 0.2) is 6.61 Å². The predicted octanol–water partition coefficient (Wildman–Crippen LogP) is 2.95. The Labute approximate surface area is 136 Å². The molecule has 1 fully saturated rings. The average molecular weight is 377 g/mol. The molecule has 2 rings (SSSR count). The molecule has 0 spiro atoms. The lowest BCUT2D eigenvalue weighted by Crippen LogP contribution is -2.49. The molecule has 114 valence electrons. The van der Waals surface area contributed by atoms with Crippen molar-refractivity contribution >= 4 is 39.4 Å². The Balaban J connectivity index is 1.98. The lowest BCUT2D eigenvalue weighted by molar-refractivity contribution is -0.152. The minimum atomic E-state index is -0.962. The normalized spacial score (nSPS) is 18.4. The highest BCUT2D eigenvalue weighted by atomic mass is 79.9. The second-order valence-corrected chi connectivity index (χ2v) is 6.09. The molecule has 1 aromatic carbocycles. The van der Waals surface area contributed by atoms with Crippen LogP contribution in [0.2, 0.25) is 5.02 Å². The molecule has 1 heterocycles. The van der Waals surface area contributed by atoms with E-state index in [1.165, 1.54) is 4.90 Å². The lowest BCUT2D eigenvalue weighted by atomic mass is 10.0. The molecule has 0 radical (unpaired) electrons. The number of carbonyl (C=O) groups is 2. The van der Waals surface area contributed by atoms with Crippen LogP contribution in [0.3, 0.4) is 0 Å². The van der Waals surface area contributed by atoms with Crippen LogP contribution < -0.4 is 4.74 Å². The molecule has 1 amide bonds. The topological polar surface area (TPSA) is 66.8 Å². The molecule has 21 heavy (non-hydrogen) atoms. The summed E-state index contributed by atoms with van der Waals surface area (Å²) >= 11 is 9.13. The molecule has 0 aliphatic carbocycles. The van der Waals surface area contributed by atoms with Crippen LogP contribution in [0.4, 0.5) is 0 Å². The molecule has 1 aliphatic heterocycles. The van der Waals surface area contributed by atoms with E-state index in [1.54, 1.807) is 18.2 Å². The minimum Gasteiger partial charge on any atom is -0.483 e. The van der Waals surface area contributed by atoms with E-state index in [1.807, 2.05) is 0 Å². The van der Waals surface area contributed by atoms with Crippen molar-refractivity contribution in [3.63, 3.8) is 0 Å². The molecule has 1 N–H and O–H groups in total. The third-order valence-electron chi connectivity index (χ3n) is 3.35. The van der Waals surface area contributed by atoms with Crippen molar-refractivity contribution in [3.05, 3.63) is 27.7 Å². The SMILES string of the molecule is O=C(O)C1CCCCN1C(=O)COc1ccc(Cl)cc1Br. The largest absolute Gasteiger partial charge is 0.483 e. The van der Waals surface area contributed by atoms with Crippen LogP contribution in [0, 0.1) is 0 Å². The number of hydrogen-bond donors (Lipinski definition) is 1. The summed E-state index contributed by atoms with van der Waals surface area (Å²) in [6.07, 6.45) is 2.14. The lowest BCUT2D eigenvalue weighted by Gasteiger charge is -2.32. The van der Waals surface area contributed by atoms with Crippen molar-refractivity contribution in [2.24, 2.45) is 0 Å². The van der Waals surface area contributed by atoms with E-state index in [0.717, 1.165) is 12.8 Å².